The fourth-order valence-corrected chi connectivity index (χ4v) is 4.40. The highest BCUT2D eigenvalue weighted by molar-refractivity contribution is 4.41. The number of rotatable bonds is 44. The van der Waals surface area contributed by atoms with Gasteiger partial charge in [-0.25, -0.2) is 0 Å². The molecule has 0 rings (SSSR count). The molecule has 0 aromatic rings. The molecule has 0 unspecified atom stereocenters. The van der Waals surface area contributed by atoms with E-state index in [1.54, 1.807) is 0 Å². The van der Waals surface area contributed by atoms with Gasteiger partial charge in [-0.1, -0.05) is 0 Å². The van der Waals surface area contributed by atoms with Gasteiger partial charge < -0.3 is 112 Å². The van der Waals surface area contributed by atoms with Crippen LogP contribution in [-0.4, -0.2) is 258 Å². The minimum Gasteiger partial charge on any atom is -0.396 e. The van der Waals surface area contributed by atoms with Crippen molar-refractivity contribution in [3.63, 3.8) is 0 Å². The van der Waals surface area contributed by atoms with Crippen molar-refractivity contribution in [1.82, 2.24) is 0 Å². The van der Waals surface area contributed by atoms with Crippen LogP contribution in [0.2, 0.25) is 0 Å². The van der Waals surface area contributed by atoms with Gasteiger partial charge in [-0.15, -0.1) is 0 Å². The Morgan fingerprint density at radius 3 is 0.130 bits per heavy atom. The lowest BCUT2D eigenvalue weighted by Crippen LogP contribution is -1.85. The van der Waals surface area contributed by atoms with Crippen LogP contribution in [-0.2, 0) is 0 Å². The van der Waals surface area contributed by atoms with E-state index in [1.165, 1.54) is 0 Å². The number of unbranched alkanes of at least 4 members (excludes halogenated alkanes) is 22. The standard InChI is InChI=1S/11C5H12O2/c11*6-4-2-1-3-5-7/h11*6-7H,1-5H2. The molecule has 22 nitrogen and oxygen atoms in total. The summed E-state index contributed by atoms with van der Waals surface area (Å²) in [5, 5.41) is 181. The summed E-state index contributed by atoms with van der Waals surface area (Å²) in [5.41, 5.74) is 0. The maximum Gasteiger partial charge on any atom is 0.0431 e. The second kappa shape index (κ2) is 141. The molecule has 0 aromatic carbocycles. The Morgan fingerprint density at radius 1 is 0.0649 bits per heavy atom. The van der Waals surface area contributed by atoms with Crippen LogP contribution in [0, 0.1) is 0 Å². The average Bonchev–Trinajstić information content (AvgIpc) is 3.44. The summed E-state index contributed by atoms with van der Waals surface area (Å²) in [6, 6.07) is 0. The van der Waals surface area contributed by atoms with Crippen LogP contribution in [0.5, 0.6) is 0 Å². The zero-order valence-corrected chi connectivity index (χ0v) is 48.7. The fourth-order valence-electron chi connectivity index (χ4n) is 4.40. The van der Waals surface area contributed by atoms with Gasteiger partial charge in [0, 0.05) is 145 Å². The highest BCUT2D eigenvalue weighted by atomic mass is 16.3. The Kier molecular flexibility index (Phi) is 185. The molecule has 22 N–H and O–H groups in total. The molecule has 0 heterocycles. The van der Waals surface area contributed by atoms with E-state index in [9.17, 15) is 0 Å². The van der Waals surface area contributed by atoms with Crippen LogP contribution in [0.3, 0.4) is 0 Å². The largest absolute Gasteiger partial charge is 0.396 e. The molecule has 0 saturated heterocycles. The van der Waals surface area contributed by atoms with Crippen molar-refractivity contribution in [1.29, 1.82) is 0 Å². The van der Waals surface area contributed by atoms with Crippen molar-refractivity contribution in [3.05, 3.63) is 0 Å². The summed E-state index contributed by atoms with van der Waals surface area (Å²) in [6.45, 7) is 5.50. The predicted molar refractivity (Wildman–Crippen MR) is 308 cm³/mol. The van der Waals surface area contributed by atoms with Gasteiger partial charge >= 0.3 is 0 Å². The van der Waals surface area contributed by atoms with Crippen molar-refractivity contribution in [3.8, 4) is 0 Å². The number of aliphatic hydroxyl groups excluding tert-OH is 22. The molecule has 0 aliphatic carbocycles. The topological polar surface area (TPSA) is 445 Å². The molecule has 0 aromatic heterocycles. The first-order chi connectivity index (χ1) is 37.6. The molecule has 77 heavy (non-hydrogen) atoms. The first-order valence-electron chi connectivity index (χ1n) is 29.0. The van der Waals surface area contributed by atoms with E-state index >= 15 is 0 Å². The van der Waals surface area contributed by atoms with Crippen molar-refractivity contribution in [2.45, 2.75) is 212 Å². The quantitative estimate of drug-likeness (QED) is 0.0385. The SMILES string of the molecule is OCCCCCO.OCCCCCO.OCCCCCO.OCCCCCO.OCCCCCO.OCCCCCO.OCCCCCO.OCCCCCO.OCCCCCO.OCCCCCO.OCCCCCO. The minimum absolute atomic E-state index is 0.250. The molecule has 0 aliphatic heterocycles. The first-order valence-corrected chi connectivity index (χ1v) is 29.0. The Hall–Kier alpha value is -0.880. The van der Waals surface area contributed by atoms with Gasteiger partial charge in [0.15, 0.2) is 0 Å². The Balaban J connectivity index is -0.0000000691. The van der Waals surface area contributed by atoms with E-state index < -0.39 is 0 Å². The van der Waals surface area contributed by atoms with Crippen LogP contribution in [0.1, 0.15) is 212 Å². The van der Waals surface area contributed by atoms with Crippen LogP contribution < -0.4 is 0 Å². The minimum atomic E-state index is 0.250. The van der Waals surface area contributed by atoms with E-state index in [0.29, 0.717) is 0 Å². The fraction of sp³-hybridized carbons (Fsp3) is 1.00. The molecule has 0 fully saturated rings. The first kappa shape index (κ1) is 101. The van der Waals surface area contributed by atoms with Crippen LogP contribution >= 0.6 is 0 Å². The highest BCUT2D eigenvalue weighted by Gasteiger charge is 1.87. The lowest BCUT2D eigenvalue weighted by molar-refractivity contribution is 0.256. The van der Waals surface area contributed by atoms with Gasteiger partial charge in [-0.2, -0.15) is 0 Å². The van der Waals surface area contributed by atoms with Gasteiger partial charge in [-0.05, 0) is 212 Å². The third-order valence-corrected chi connectivity index (χ3v) is 8.98. The van der Waals surface area contributed by atoms with Gasteiger partial charge in [0.2, 0.25) is 0 Å². The van der Waals surface area contributed by atoms with Crippen molar-refractivity contribution >= 4 is 0 Å². The molecule has 22 heteroatoms. The summed E-state index contributed by atoms with van der Waals surface area (Å²) in [6.07, 6.45) is 28.4. The van der Waals surface area contributed by atoms with E-state index in [-0.39, 0.29) is 145 Å². The summed E-state index contributed by atoms with van der Waals surface area (Å²) < 4.78 is 0. The molecular weight excluding hydrogens is 1010 g/mol. The molecule has 0 aliphatic rings. The Morgan fingerprint density at radius 2 is 0.104 bits per heavy atom. The van der Waals surface area contributed by atoms with Gasteiger partial charge in [0.1, 0.15) is 0 Å². The average molecular weight is 1150 g/mol. The monoisotopic (exact) mass is 1140 g/mol. The van der Waals surface area contributed by atoms with Gasteiger partial charge in [-0.3, -0.25) is 0 Å². The zero-order chi connectivity index (χ0) is 60.9. The molecule has 0 amide bonds. The Bertz CT molecular complexity index is 468. The van der Waals surface area contributed by atoms with E-state index in [4.69, 9.17) is 112 Å². The third kappa shape index (κ3) is 216. The maximum absolute atomic E-state index is 8.21. The molecule has 0 atom stereocenters. The summed E-state index contributed by atoms with van der Waals surface area (Å²) in [5.74, 6) is 0. The lowest BCUT2D eigenvalue weighted by atomic mass is 10.2. The van der Waals surface area contributed by atoms with Crippen LogP contribution in [0.4, 0.5) is 0 Å². The number of hydrogen-bond acceptors (Lipinski definition) is 22. The van der Waals surface area contributed by atoms with Crippen LogP contribution in [0.15, 0.2) is 0 Å². The molecule has 0 saturated carbocycles. The van der Waals surface area contributed by atoms with Gasteiger partial charge in [0.05, 0.1) is 0 Å². The number of aliphatic hydroxyl groups is 22. The third-order valence-electron chi connectivity index (χ3n) is 8.98. The highest BCUT2D eigenvalue weighted by Crippen LogP contribution is 1.96. The predicted octanol–water partition coefficient (Wildman–Crippen LogP) is 1.55. The lowest BCUT2D eigenvalue weighted by Gasteiger charge is -1.90. The van der Waals surface area contributed by atoms with Crippen molar-refractivity contribution in [2.24, 2.45) is 0 Å². The summed E-state index contributed by atoms with van der Waals surface area (Å²) in [7, 11) is 0. The molecule has 0 spiro atoms. The van der Waals surface area contributed by atoms with E-state index in [1.807, 2.05) is 0 Å². The van der Waals surface area contributed by atoms with E-state index in [0.717, 1.165) is 212 Å². The summed E-state index contributed by atoms with van der Waals surface area (Å²) in [4.78, 5) is 0. The second-order valence-corrected chi connectivity index (χ2v) is 16.6. The van der Waals surface area contributed by atoms with Gasteiger partial charge in [0.25, 0.3) is 0 Å². The smallest absolute Gasteiger partial charge is 0.0431 e. The second-order valence-electron chi connectivity index (χ2n) is 16.6. The molecule has 484 valence electrons. The van der Waals surface area contributed by atoms with Crippen LogP contribution in [0.25, 0.3) is 0 Å². The van der Waals surface area contributed by atoms with Crippen molar-refractivity contribution < 1.29 is 112 Å². The maximum atomic E-state index is 8.21. The Labute approximate surface area is 468 Å². The summed E-state index contributed by atoms with van der Waals surface area (Å²) >= 11 is 0. The number of hydrogen-bond donors (Lipinski definition) is 22. The van der Waals surface area contributed by atoms with E-state index in [2.05, 4.69) is 0 Å². The zero-order valence-electron chi connectivity index (χ0n) is 48.7. The van der Waals surface area contributed by atoms with Crippen molar-refractivity contribution in [2.75, 3.05) is 145 Å². The normalized spacial score (nSPS) is 9.43. The molecule has 0 radical (unpaired) electrons. The molecule has 0 bridgehead atoms. The molecular formula is C55H132O22.